The van der Waals surface area contributed by atoms with E-state index in [-0.39, 0.29) is 5.41 Å². The number of imide groups is 1. The van der Waals surface area contributed by atoms with E-state index in [9.17, 15) is 14.4 Å². The molecule has 2 fully saturated rings. The van der Waals surface area contributed by atoms with Crippen LogP contribution in [0, 0.1) is 5.41 Å². The molecule has 0 aromatic heterocycles. The molecular weight excluding hydrogens is 212 g/mol. The van der Waals surface area contributed by atoms with Gasteiger partial charge < -0.3 is 10.4 Å². The lowest BCUT2D eigenvalue weighted by atomic mass is 9.99. The van der Waals surface area contributed by atoms with Crippen molar-refractivity contribution in [1.29, 1.82) is 0 Å². The number of amides is 3. The minimum absolute atomic E-state index is 0.229. The normalized spacial score (nSPS) is 36.8. The summed E-state index contributed by atoms with van der Waals surface area (Å²) in [7, 11) is 0. The maximum atomic E-state index is 12.0. The summed E-state index contributed by atoms with van der Waals surface area (Å²) in [6.07, 6.45) is 1.37. The molecule has 2 atom stereocenters. The number of urea groups is 1. The minimum atomic E-state index is -1.18. The highest BCUT2D eigenvalue weighted by molar-refractivity contribution is 6.11. The summed E-state index contributed by atoms with van der Waals surface area (Å²) in [6, 6.07) is -0.593. The lowest BCUT2D eigenvalue weighted by Gasteiger charge is -2.14. The van der Waals surface area contributed by atoms with E-state index in [4.69, 9.17) is 5.11 Å². The first-order chi connectivity index (χ1) is 7.36. The van der Waals surface area contributed by atoms with Crippen molar-refractivity contribution in [3.8, 4) is 0 Å². The maximum absolute atomic E-state index is 12.0. The summed E-state index contributed by atoms with van der Waals surface area (Å²) in [6.45, 7) is 3.32. The van der Waals surface area contributed by atoms with E-state index >= 15 is 0 Å². The number of rotatable bonds is 3. The summed E-state index contributed by atoms with van der Waals surface area (Å²) in [5, 5.41) is 11.2. The molecular formula is C10H14N2O4. The molecule has 2 aliphatic rings. The molecule has 16 heavy (non-hydrogen) atoms. The third-order valence-corrected chi connectivity index (χ3v) is 3.81. The molecule has 6 nitrogen and oxygen atoms in total. The van der Waals surface area contributed by atoms with Gasteiger partial charge >= 0.3 is 12.0 Å². The number of hydrogen-bond acceptors (Lipinski definition) is 3. The molecule has 6 heteroatoms. The fourth-order valence-electron chi connectivity index (χ4n) is 2.40. The predicted molar refractivity (Wildman–Crippen MR) is 53.6 cm³/mol. The molecule has 0 aromatic carbocycles. The van der Waals surface area contributed by atoms with Crippen LogP contribution in [-0.2, 0) is 9.59 Å². The Morgan fingerprint density at radius 3 is 2.62 bits per heavy atom. The molecule has 1 aliphatic carbocycles. The molecule has 3 amide bonds. The molecule has 1 saturated heterocycles. The van der Waals surface area contributed by atoms with Crippen LogP contribution in [0.3, 0.4) is 0 Å². The Hall–Kier alpha value is -1.59. The minimum Gasteiger partial charge on any atom is -0.480 e. The zero-order valence-corrected chi connectivity index (χ0v) is 9.24. The number of nitrogens with one attached hydrogen (secondary N) is 1. The van der Waals surface area contributed by atoms with E-state index in [1.54, 1.807) is 0 Å². The zero-order chi connectivity index (χ0) is 12.1. The number of carboxylic acid groups (broad SMARTS) is 1. The Kier molecular flexibility index (Phi) is 2.02. The summed E-state index contributed by atoms with van der Waals surface area (Å²) in [5.74, 6) is -1.58. The fourth-order valence-corrected chi connectivity index (χ4v) is 2.40. The van der Waals surface area contributed by atoms with Crippen molar-refractivity contribution in [2.45, 2.75) is 32.2 Å². The second kappa shape index (κ2) is 2.96. The van der Waals surface area contributed by atoms with Crippen LogP contribution in [0.1, 0.15) is 26.7 Å². The smallest absolute Gasteiger partial charge is 0.325 e. The largest absolute Gasteiger partial charge is 0.480 e. The molecule has 2 N–H and O–H groups in total. The van der Waals surface area contributed by atoms with Crippen LogP contribution < -0.4 is 5.32 Å². The zero-order valence-electron chi connectivity index (χ0n) is 9.24. The van der Waals surface area contributed by atoms with Crippen molar-refractivity contribution < 1.29 is 19.5 Å². The Balaban J connectivity index is 2.22. The molecule has 1 heterocycles. The summed E-state index contributed by atoms with van der Waals surface area (Å²) < 4.78 is 0. The highest BCUT2D eigenvalue weighted by atomic mass is 16.4. The van der Waals surface area contributed by atoms with Crippen molar-refractivity contribution in [3.63, 3.8) is 0 Å². The molecule has 88 valence electrons. The molecule has 0 bridgehead atoms. The van der Waals surface area contributed by atoms with Crippen LogP contribution in [0.25, 0.3) is 0 Å². The number of carboxylic acids is 1. The Morgan fingerprint density at radius 2 is 2.19 bits per heavy atom. The lowest BCUT2D eigenvalue weighted by Crippen LogP contribution is -2.38. The third-order valence-electron chi connectivity index (χ3n) is 3.81. The SMILES string of the molecule is CC[C@]1(C)C[C@]12NC(=O)N(CC(=O)O)C2=O. The van der Waals surface area contributed by atoms with Gasteiger partial charge in [-0.3, -0.25) is 14.5 Å². The van der Waals surface area contributed by atoms with Gasteiger partial charge in [0.2, 0.25) is 0 Å². The second-order valence-corrected chi connectivity index (χ2v) is 4.71. The monoisotopic (exact) mass is 226 g/mol. The van der Waals surface area contributed by atoms with Crippen molar-refractivity contribution in [2.75, 3.05) is 6.54 Å². The van der Waals surface area contributed by atoms with E-state index in [1.165, 1.54) is 0 Å². The Morgan fingerprint density at radius 1 is 1.56 bits per heavy atom. The molecule has 0 radical (unpaired) electrons. The Labute approximate surface area is 92.6 Å². The average molecular weight is 226 g/mol. The topological polar surface area (TPSA) is 86.7 Å². The van der Waals surface area contributed by atoms with Crippen LogP contribution in [0.2, 0.25) is 0 Å². The average Bonchev–Trinajstić information content (AvgIpc) is 2.73. The van der Waals surface area contributed by atoms with Gasteiger partial charge in [0.15, 0.2) is 0 Å². The van der Waals surface area contributed by atoms with Crippen LogP contribution in [0.4, 0.5) is 4.79 Å². The van der Waals surface area contributed by atoms with Crippen LogP contribution in [0.15, 0.2) is 0 Å². The van der Waals surface area contributed by atoms with Crippen molar-refractivity contribution in [3.05, 3.63) is 0 Å². The van der Waals surface area contributed by atoms with E-state index in [1.807, 2.05) is 13.8 Å². The van der Waals surface area contributed by atoms with Crippen molar-refractivity contribution in [1.82, 2.24) is 10.2 Å². The number of aliphatic carboxylic acids is 1. The lowest BCUT2D eigenvalue weighted by molar-refractivity contribution is -0.142. The Bertz CT molecular complexity index is 394. The van der Waals surface area contributed by atoms with Crippen molar-refractivity contribution >= 4 is 17.9 Å². The number of carbonyl (C=O) groups is 3. The second-order valence-electron chi connectivity index (χ2n) is 4.71. The molecule has 1 saturated carbocycles. The number of hydrogen-bond donors (Lipinski definition) is 2. The molecule has 2 rings (SSSR count). The highest BCUT2D eigenvalue weighted by Gasteiger charge is 2.73. The summed E-state index contributed by atoms with van der Waals surface area (Å²) in [5.41, 5.74) is -1.07. The van der Waals surface area contributed by atoms with Crippen LogP contribution in [0.5, 0.6) is 0 Å². The summed E-state index contributed by atoms with van der Waals surface area (Å²) in [4.78, 5) is 34.8. The number of carbonyl (C=O) groups excluding carboxylic acids is 2. The first-order valence-corrected chi connectivity index (χ1v) is 5.22. The fraction of sp³-hybridized carbons (Fsp3) is 0.700. The number of nitrogens with zero attached hydrogens (tertiary/aromatic N) is 1. The standard InChI is InChI=1S/C10H14N2O4/c1-3-9(2)5-10(9)7(15)12(4-6(13)14)8(16)11-10/h3-5H2,1-2H3,(H,11,16)(H,13,14)/t9-,10-/m1/s1. The molecule has 1 spiro atoms. The van der Waals surface area contributed by atoms with Crippen molar-refractivity contribution in [2.24, 2.45) is 5.41 Å². The van der Waals surface area contributed by atoms with E-state index in [0.29, 0.717) is 6.42 Å². The van der Waals surface area contributed by atoms with E-state index in [2.05, 4.69) is 5.32 Å². The first kappa shape index (κ1) is 10.9. The highest BCUT2D eigenvalue weighted by Crippen LogP contribution is 2.60. The van der Waals surface area contributed by atoms with Gasteiger partial charge in [0.1, 0.15) is 12.1 Å². The van der Waals surface area contributed by atoms with Gasteiger partial charge in [0.05, 0.1) is 0 Å². The van der Waals surface area contributed by atoms with Gasteiger partial charge in [-0.2, -0.15) is 0 Å². The first-order valence-electron chi connectivity index (χ1n) is 5.22. The third kappa shape index (κ3) is 1.15. The maximum Gasteiger partial charge on any atom is 0.325 e. The van der Waals surface area contributed by atoms with E-state index < -0.39 is 30.0 Å². The molecule has 0 aromatic rings. The van der Waals surface area contributed by atoms with Gasteiger partial charge in [0.25, 0.3) is 5.91 Å². The van der Waals surface area contributed by atoms with Crippen LogP contribution >= 0.6 is 0 Å². The predicted octanol–water partition coefficient (Wildman–Crippen LogP) is 0.182. The van der Waals surface area contributed by atoms with Gasteiger partial charge in [-0.15, -0.1) is 0 Å². The van der Waals surface area contributed by atoms with Gasteiger partial charge in [-0.05, 0) is 12.8 Å². The van der Waals surface area contributed by atoms with Gasteiger partial charge in [-0.1, -0.05) is 13.8 Å². The van der Waals surface area contributed by atoms with Crippen LogP contribution in [-0.4, -0.2) is 40.0 Å². The summed E-state index contributed by atoms with van der Waals surface area (Å²) >= 11 is 0. The van der Waals surface area contributed by atoms with Gasteiger partial charge in [-0.25, -0.2) is 4.79 Å². The molecule has 0 unspecified atom stereocenters. The van der Waals surface area contributed by atoms with Gasteiger partial charge in [0, 0.05) is 5.41 Å². The van der Waals surface area contributed by atoms with E-state index in [0.717, 1.165) is 11.3 Å². The quantitative estimate of drug-likeness (QED) is 0.672. The molecule has 1 aliphatic heterocycles.